The molecule has 5 heteroatoms. The van der Waals surface area contributed by atoms with Crippen molar-refractivity contribution in [1.82, 2.24) is 4.98 Å². The molecule has 0 N–H and O–H groups in total. The molecule has 1 unspecified atom stereocenters. The minimum atomic E-state index is -0.914. The summed E-state index contributed by atoms with van der Waals surface area (Å²) in [5.74, 6) is -1.12. The summed E-state index contributed by atoms with van der Waals surface area (Å²) in [5.41, 5.74) is 0.483. The number of aromatic nitrogens is 1. The van der Waals surface area contributed by atoms with Gasteiger partial charge in [0.25, 0.3) is 0 Å². The van der Waals surface area contributed by atoms with Gasteiger partial charge in [0.2, 0.25) is 0 Å². The van der Waals surface area contributed by atoms with Gasteiger partial charge in [-0.25, -0.2) is 4.79 Å². The molecule has 0 spiro atoms. The molecule has 0 fully saturated rings. The molecule has 0 amide bonds. The van der Waals surface area contributed by atoms with Gasteiger partial charge in [-0.05, 0) is 19.1 Å². The number of esters is 2. The highest BCUT2D eigenvalue weighted by atomic mass is 16.6. The van der Waals surface area contributed by atoms with Crippen molar-refractivity contribution in [3.8, 4) is 0 Å². The molecular formula is C15H21NO4. The van der Waals surface area contributed by atoms with Crippen molar-refractivity contribution in [2.75, 3.05) is 6.61 Å². The highest BCUT2D eigenvalue weighted by Gasteiger charge is 2.25. The van der Waals surface area contributed by atoms with Crippen molar-refractivity contribution in [3.63, 3.8) is 0 Å². The van der Waals surface area contributed by atoms with E-state index in [4.69, 9.17) is 9.47 Å². The highest BCUT2D eigenvalue weighted by molar-refractivity contribution is 5.89. The summed E-state index contributed by atoms with van der Waals surface area (Å²) in [6, 6.07) is 5.11. The van der Waals surface area contributed by atoms with Gasteiger partial charge in [-0.15, -0.1) is 0 Å². The Labute approximate surface area is 119 Å². The molecule has 1 aromatic rings. The first-order chi connectivity index (χ1) is 9.56. The number of rotatable bonds is 5. The number of pyridine rings is 1. The van der Waals surface area contributed by atoms with Crippen LogP contribution in [0.25, 0.3) is 0 Å². The molecule has 5 nitrogen and oxygen atoms in total. The number of carbonyl (C=O) groups is 2. The Morgan fingerprint density at radius 1 is 1.35 bits per heavy atom. The van der Waals surface area contributed by atoms with E-state index in [0.29, 0.717) is 5.69 Å². The van der Waals surface area contributed by atoms with Gasteiger partial charge in [0.1, 0.15) is 0 Å². The molecule has 1 heterocycles. The van der Waals surface area contributed by atoms with E-state index in [-0.39, 0.29) is 12.2 Å². The lowest BCUT2D eigenvalue weighted by Crippen LogP contribution is -2.19. The van der Waals surface area contributed by atoms with Gasteiger partial charge < -0.3 is 9.47 Å². The average Bonchev–Trinajstić information content (AvgIpc) is 2.47. The third-order valence-electron chi connectivity index (χ3n) is 2.09. The summed E-state index contributed by atoms with van der Waals surface area (Å²) in [6.07, 6.45) is 0.632. The first-order valence-electron chi connectivity index (χ1n) is 6.50. The molecule has 0 saturated carbocycles. The van der Waals surface area contributed by atoms with E-state index in [1.54, 1.807) is 31.3 Å². The van der Waals surface area contributed by atoms with E-state index >= 15 is 0 Å². The van der Waals surface area contributed by atoms with Gasteiger partial charge in [0.05, 0.1) is 17.9 Å². The molecule has 1 aromatic heterocycles. The summed E-state index contributed by atoms with van der Waals surface area (Å²) < 4.78 is 9.89. The summed E-state index contributed by atoms with van der Waals surface area (Å²) >= 11 is 0. The van der Waals surface area contributed by atoms with Gasteiger partial charge in [-0.2, -0.15) is 0 Å². The smallest absolute Gasteiger partial charge is 0.337 e. The summed E-state index contributed by atoms with van der Waals surface area (Å²) in [4.78, 5) is 26.7. The van der Waals surface area contributed by atoms with E-state index in [2.05, 4.69) is 11.6 Å². The van der Waals surface area contributed by atoms with Crippen molar-refractivity contribution in [3.05, 3.63) is 42.2 Å². The fraction of sp³-hybridized carbons (Fsp3) is 0.400. The van der Waals surface area contributed by atoms with Crippen molar-refractivity contribution >= 4 is 11.9 Å². The number of carbonyl (C=O) groups excluding carboxylic acids is 2. The van der Waals surface area contributed by atoms with Crippen LogP contribution in [0.2, 0.25) is 0 Å². The Kier molecular flexibility index (Phi) is 8.67. The van der Waals surface area contributed by atoms with E-state index in [1.165, 1.54) is 6.92 Å². The molecule has 0 saturated heterocycles. The molecule has 0 aliphatic carbocycles. The number of nitrogens with zero attached hydrogens (tertiary/aromatic N) is 1. The fourth-order valence-corrected chi connectivity index (χ4v) is 1.34. The maximum atomic E-state index is 11.6. The second-order valence-corrected chi connectivity index (χ2v) is 3.49. The van der Waals surface area contributed by atoms with E-state index in [1.807, 2.05) is 13.8 Å². The second kappa shape index (κ2) is 9.72. The largest absolute Gasteiger partial charge is 0.463 e. The third-order valence-corrected chi connectivity index (χ3v) is 2.09. The summed E-state index contributed by atoms with van der Waals surface area (Å²) in [7, 11) is 0. The normalized spacial score (nSPS) is 10.6. The Balaban J connectivity index is 0.00000172. The van der Waals surface area contributed by atoms with Crippen molar-refractivity contribution in [2.24, 2.45) is 0 Å². The summed E-state index contributed by atoms with van der Waals surface area (Å²) in [6.45, 7) is 10.8. The minimum Gasteiger partial charge on any atom is -0.463 e. The van der Waals surface area contributed by atoms with Gasteiger partial charge in [-0.1, -0.05) is 26.5 Å². The van der Waals surface area contributed by atoms with Crippen LogP contribution in [0.4, 0.5) is 0 Å². The molecule has 1 rings (SSSR count). The molecule has 20 heavy (non-hydrogen) atoms. The fourth-order valence-electron chi connectivity index (χ4n) is 1.34. The van der Waals surface area contributed by atoms with Crippen LogP contribution >= 0.6 is 0 Å². The van der Waals surface area contributed by atoms with E-state index < -0.39 is 18.0 Å². The van der Waals surface area contributed by atoms with Gasteiger partial charge in [0, 0.05) is 13.1 Å². The topological polar surface area (TPSA) is 65.5 Å². The average molecular weight is 279 g/mol. The lowest BCUT2D eigenvalue weighted by Gasteiger charge is -2.17. The molecule has 0 aliphatic rings. The monoisotopic (exact) mass is 279 g/mol. The molecule has 0 radical (unpaired) electrons. The molecule has 110 valence electrons. The van der Waals surface area contributed by atoms with Crippen LogP contribution in [-0.2, 0) is 19.1 Å². The second-order valence-electron chi connectivity index (χ2n) is 3.49. The van der Waals surface area contributed by atoms with Crippen LogP contribution in [-0.4, -0.2) is 23.5 Å². The SMILES string of the molecule is C=C(C(=O)OCC)C(OC(C)=O)c1ccccn1.CC. The quantitative estimate of drug-likeness (QED) is 0.612. The van der Waals surface area contributed by atoms with Crippen molar-refractivity contribution in [1.29, 1.82) is 0 Å². The van der Waals surface area contributed by atoms with Gasteiger partial charge >= 0.3 is 11.9 Å². The van der Waals surface area contributed by atoms with Crippen LogP contribution < -0.4 is 0 Å². The Hall–Kier alpha value is -2.17. The predicted octanol–water partition coefficient (Wildman–Crippen LogP) is 2.83. The Morgan fingerprint density at radius 3 is 2.45 bits per heavy atom. The Morgan fingerprint density at radius 2 is 2.00 bits per heavy atom. The van der Waals surface area contributed by atoms with Gasteiger partial charge in [-0.3, -0.25) is 9.78 Å². The zero-order chi connectivity index (χ0) is 15.5. The zero-order valence-corrected chi connectivity index (χ0v) is 12.4. The molecular weight excluding hydrogens is 258 g/mol. The Bertz CT molecular complexity index is 442. The van der Waals surface area contributed by atoms with E-state index in [9.17, 15) is 9.59 Å². The predicted molar refractivity (Wildman–Crippen MR) is 75.9 cm³/mol. The van der Waals surface area contributed by atoms with Crippen LogP contribution in [0, 0.1) is 0 Å². The van der Waals surface area contributed by atoms with Crippen LogP contribution in [0.5, 0.6) is 0 Å². The molecule has 0 aromatic carbocycles. The standard InChI is InChI=1S/C13H15NO4.C2H6/c1-4-17-13(16)9(2)12(18-10(3)15)11-7-5-6-8-14-11;1-2/h5-8,12H,2,4H2,1,3H3;1-2H3. The third kappa shape index (κ3) is 5.65. The lowest BCUT2D eigenvalue weighted by molar-refractivity contribution is -0.148. The minimum absolute atomic E-state index is 0.0470. The van der Waals surface area contributed by atoms with Crippen LogP contribution in [0.15, 0.2) is 36.5 Å². The lowest BCUT2D eigenvalue weighted by atomic mass is 10.1. The first kappa shape index (κ1) is 17.8. The number of ether oxygens (including phenoxy) is 2. The molecule has 0 aliphatic heterocycles. The number of hydrogen-bond donors (Lipinski definition) is 0. The van der Waals surface area contributed by atoms with Crippen molar-refractivity contribution < 1.29 is 19.1 Å². The first-order valence-corrected chi connectivity index (χ1v) is 6.50. The number of hydrogen-bond acceptors (Lipinski definition) is 5. The molecule has 0 bridgehead atoms. The van der Waals surface area contributed by atoms with E-state index in [0.717, 1.165) is 0 Å². The maximum Gasteiger partial charge on any atom is 0.337 e. The van der Waals surface area contributed by atoms with Crippen LogP contribution in [0.1, 0.15) is 39.5 Å². The van der Waals surface area contributed by atoms with Gasteiger partial charge in [0.15, 0.2) is 6.10 Å². The maximum absolute atomic E-state index is 11.6. The molecule has 1 atom stereocenters. The zero-order valence-electron chi connectivity index (χ0n) is 12.4. The highest BCUT2D eigenvalue weighted by Crippen LogP contribution is 2.24. The summed E-state index contributed by atoms with van der Waals surface area (Å²) in [5, 5.41) is 0. The van der Waals surface area contributed by atoms with Crippen LogP contribution in [0.3, 0.4) is 0 Å². The van der Waals surface area contributed by atoms with Crippen molar-refractivity contribution in [2.45, 2.75) is 33.8 Å².